The van der Waals surface area contributed by atoms with Crippen molar-refractivity contribution < 1.29 is 23.9 Å². The van der Waals surface area contributed by atoms with Crippen molar-refractivity contribution in [3.05, 3.63) is 28.3 Å². The van der Waals surface area contributed by atoms with Crippen LogP contribution in [-0.2, 0) is 9.59 Å². The smallest absolute Gasteiger partial charge is 0.331 e. The van der Waals surface area contributed by atoms with Crippen molar-refractivity contribution in [2.75, 3.05) is 13.7 Å². The first-order chi connectivity index (χ1) is 13.5. The first-order valence-corrected chi connectivity index (χ1v) is 9.75. The first-order valence-electron chi connectivity index (χ1n) is 9.37. The third-order valence-electron chi connectivity index (χ3n) is 4.92. The molecule has 1 aliphatic carbocycles. The molecule has 1 heterocycles. The number of ether oxygens (including phenoxy) is 2. The lowest BCUT2D eigenvalue weighted by atomic mass is 9.93. The minimum absolute atomic E-state index is 0.104. The van der Waals surface area contributed by atoms with E-state index in [1.807, 2.05) is 6.92 Å². The van der Waals surface area contributed by atoms with Crippen molar-refractivity contribution in [2.24, 2.45) is 0 Å². The van der Waals surface area contributed by atoms with Crippen LogP contribution in [0.3, 0.4) is 0 Å². The average molecular weight is 407 g/mol. The van der Waals surface area contributed by atoms with Gasteiger partial charge in [-0.15, -0.1) is 0 Å². The molecule has 2 aliphatic rings. The largest absolute Gasteiger partial charge is 0.493 e. The molecule has 1 aromatic rings. The van der Waals surface area contributed by atoms with Gasteiger partial charge in [0.05, 0.1) is 18.7 Å². The Morgan fingerprint density at radius 1 is 1.21 bits per heavy atom. The van der Waals surface area contributed by atoms with Crippen LogP contribution in [0, 0.1) is 0 Å². The molecule has 0 bridgehead atoms. The molecule has 0 spiro atoms. The van der Waals surface area contributed by atoms with E-state index in [-0.39, 0.29) is 11.6 Å². The maximum absolute atomic E-state index is 12.9. The van der Waals surface area contributed by atoms with Gasteiger partial charge in [-0.2, -0.15) is 0 Å². The van der Waals surface area contributed by atoms with Crippen molar-refractivity contribution in [1.29, 1.82) is 0 Å². The number of nitrogens with one attached hydrogen (secondary N) is 1. The first kappa shape index (κ1) is 20.2. The summed E-state index contributed by atoms with van der Waals surface area (Å²) in [6.07, 6.45) is 5.93. The zero-order valence-electron chi connectivity index (χ0n) is 15.9. The van der Waals surface area contributed by atoms with Crippen molar-refractivity contribution in [1.82, 2.24) is 10.2 Å². The fraction of sp³-hybridized carbons (Fsp3) is 0.450. The predicted molar refractivity (Wildman–Crippen MR) is 104 cm³/mol. The van der Waals surface area contributed by atoms with Gasteiger partial charge in [-0.3, -0.25) is 19.8 Å². The van der Waals surface area contributed by atoms with Crippen LogP contribution < -0.4 is 14.8 Å². The van der Waals surface area contributed by atoms with Crippen LogP contribution >= 0.6 is 11.6 Å². The minimum atomic E-state index is -0.717. The van der Waals surface area contributed by atoms with E-state index in [1.54, 1.807) is 12.1 Å². The van der Waals surface area contributed by atoms with E-state index in [0.717, 1.165) is 32.1 Å². The van der Waals surface area contributed by atoms with Crippen LogP contribution in [0.2, 0.25) is 5.02 Å². The summed E-state index contributed by atoms with van der Waals surface area (Å²) < 4.78 is 10.8. The highest BCUT2D eigenvalue weighted by Crippen LogP contribution is 2.37. The maximum atomic E-state index is 12.9. The summed E-state index contributed by atoms with van der Waals surface area (Å²) in [7, 11) is 1.48. The molecule has 1 aliphatic heterocycles. The Balaban J connectivity index is 1.95. The quantitative estimate of drug-likeness (QED) is 0.597. The number of carbonyl (C=O) groups excluding carboxylic acids is 3. The molecule has 3 rings (SSSR count). The Morgan fingerprint density at radius 3 is 2.57 bits per heavy atom. The lowest BCUT2D eigenvalue weighted by molar-refractivity contribution is -0.132. The number of rotatable bonds is 5. The highest BCUT2D eigenvalue weighted by molar-refractivity contribution is 6.33. The normalized spacial score (nSPS) is 19.8. The number of barbiturate groups is 1. The van der Waals surface area contributed by atoms with Gasteiger partial charge in [-0.1, -0.05) is 30.9 Å². The Morgan fingerprint density at radius 2 is 1.93 bits per heavy atom. The van der Waals surface area contributed by atoms with Crippen LogP contribution in [0.1, 0.15) is 44.6 Å². The van der Waals surface area contributed by atoms with Gasteiger partial charge in [0, 0.05) is 6.04 Å². The fourth-order valence-electron chi connectivity index (χ4n) is 3.62. The molecule has 1 saturated heterocycles. The lowest BCUT2D eigenvalue weighted by Gasteiger charge is -2.35. The van der Waals surface area contributed by atoms with E-state index in [9.17, 15) is 14.4 Å². The van der Waals surface area contributed by atoms with Gasteiger partial charge in [0.15, 0.2) is 11.5 Å². The second-order valence-corrected chi connectivity index (χ2v) is 7.16. The number of hydrogen-bond acceptors (Lipinski definition) is 5. The highest BCUT2D eigenvalue weighted by atomic mass is 35.5. The van der Waals surface area contributed by atoms with E-state index >= 15 is 0 Å². The second kappa shape index (κ2) is 8.65. The molecule has 7 nitrogen and oxygen atoms in total. The molecular weight excluding hydrogens is 384 g/mol. The number of amides is 4. The van der Waals surface area contributed by atoms with Crippen molar-refractivity contribution >= 4 is 35.5 Å². The SMILES string of the molecule is CCOc1c(Cl)cc(/C=C2\C(=O)NC(=O)N(C3CCCCC3)C2=O)cc1OC. The molecule has 150 valence electrons. The molecule has 1 N–H and O–H groups in total. The number of halogens is 1. The number of urea groups is 1. The summed E-state index contributed by atoms with van der Waals surface area (Å²) in [6.45, 7) is 2.24. The predicted octanol–water partition coefficient (Wildman–Crippen LogP) is 3.54. The molecule has 8 heteroatoms. The Kier molecular flexibility index (Phi) is 6.24. The van der Waals surface area contributed by atoms with Crippen LogP contribution in [0.15, 0.2) is 17.7 Å². The van der Waals surface area contributed by atoms with Gasteiger partial charge in [-0.05, 0) is 43.5 Å². The summed E-state index contributed by atoms with van der Waals surface area (Å²) in [5.74, 6) is -0.506. The molecule has 0 unspecified atom stereocenters. The lowest BCUT2D eigenvalue weighted by Crippen LogP contribution is -2.58. The molecule has 0 aromatic heterocycles. The van der Waals surface area contributed by atoms with Crippen LogP contribution in [-0.4, -0.2) is 42.5 Å². The molecule has 0 atom stereocenters. The number of benzene rings is 1. The highest BCUT2D eigenvalue weighted by Gasteiger charge is 2.40. The van der Waals surface area contributed by atoms with E-state index in [1.165, 1.54) is 18.1 Å². The summed E-state index contributed by atoms with van der Waals surface area (Å²) in [6, 6.07) is 2.38. The summed E-state index contributed by atoms with van der Waals surface area (Å²) in [5, 5.41) is 2.58. The average Bonchev–Trinajstić information content (AvgIpc) is 2.67. The number of imide groups is 2. The number of methoxy groups -OCH3 is 1. The Bertz CT molecular complexity index is 830. The van der Waals surface area contributed by atoms with Crippen LogP contribution in [0.4, 0.5) is 4.79 Å². The van der Waals surface area contributed by atoms with E-state index in [4.69, 9.17) is 21.1 Å². The standard InChI is InChI=1S/C20H23ClN2O5/c1-3-28-17-15(21)10-12(11-16(17)27-2)9-14-18(24)22-20(26)23(19(14)25)13-7-5-4-6-8-13/h9-11,13H,3-8H2,1-2H3,(H,22,24,26)/b14-9+. The third kappa shape index (κ3) is 3.99. The Labute approximate surface area is 168 Å². The van der Waals surface area contributed by atoms with Gasteiger partial charge in [0.2, 0.25) is 0 Å². The van der Waals surface area contributed by atoms with Crippen LogP contribution in [0.25, 0.3) is 6.08 Å². The summed E-state index contributed by atoms with van der Waals surface area (Å²) >= 11 is 6.27. The second-order valence-electron chi connectivity index (χ2n) is 6.75. The minimum Gasteiger partial charge on any atom is -0.493 e. The number of carbonyl (C=O) groups is 3. The maximum Gasteiger partial charge on any atom is 0.331 e. The van der Waals surface area contributed by atoms with Gasteiger partial charge in [0.1, 0.15) is 5.57 Å². The van der Waals surface area contributed by atoms with E-state index in [2.05, 4.69) is 5.32 Å². The molecule has 1 aromatic carbocycles. The van der Waals surface area contributed by atoms with E-state index in [0.29, 0.717) is 28.7 Å². The molecule has 1 saturated carbocycles. The molecule has 2 fully saturated rings. The van der Waals surface area contributed by atoms with Gasteiger partial charge in [-0.25, -0.2) is 4.79 Å². The summed E-state index contributed by atoms with van der Waals surface area (Å²) in [4.78, 5) is 38.7. The monoisotopic (exact) mass is 406 g/mol. The van der Waals surface area contributed by atoms with Crippen molar-refractivity contribution in [2.45, 2.75) is 45.1 Å². The molecule has 28 heavy (non-hydrogen) atoms. The van der Waals surface area contributed by atoms with Gasteiger partial charge < -0.3 is 9.47 Å². The van der Waals surface area contributed by atoms with E-state index < -0.39 is 17.8 Å². The number of hydrogen-bond donors (Lipinski definition) is 1. The Hall–Kier alpha value is -2.54. The van der Waals surface area contributed by atoms with Gasteiger partial charge in [0.25, 0.3) is 11.8 Å². The van der Waals surface area contributed by atoms with Crippen LogP contribution in [0.5, 0.6) is 11.5 Å². The fourth-order valence-corrected chi connectivity index (χ4v) is 3.89. The molecular formula is C20H23ClN2O5. The number of nitrogens with zero attached hydrogens (tertiary/aromatic N) is 1. The molecule has 4 amide bonds. The topological polar surface area (TPSA) is 84.9 Å². The zero-order valence-corrected chi connectivity index (χ0v) is 16.7. The van der Waals surface area contributed by atoms with Gasteiger partial charge >= 0.3 is 6.03 Å². The zero-order chi connectivity index (χ0) is 20.3. The summed E-state index contributed by atoms with van der Waals surface area (Å²) in [5.41, 5.74) is 0.397. The van der Waals surface area contributed by atoms with Crippen molar-refractivity contribution in [3.8, 4) is 11.5 Å². The molecule has 0 radical (unpaired) electrons. The van der Waals surface area contributed by atoms with Crippen molar-refractivity contribution in [3.63, 3.8) is 0 Å². The third-order valence-corrected chi connectivity index (χ3v) is 5.21.